The molecular formula is C12H26N4. The quantitative estimate of drug-likeness (QED) is 0.536. The Hall–Kier alpha value is -0.160. The highest BCUT2D eigenvalue weighted by atomic mass is 15.0. The zero-order chi connectivity index (χ0) is 11.5. The van der Waals surface area contributed by atoms with Crippen molar-refractivity contribution in [1.82, 2.24) is 5.32 Å². The Morgan fingerprint density at radius 1 is 0.750 bits per heavy atom. The Morgan fingerprint density at radius 2 is 1.50 bits per heavy atom. The third-order valence-electron chi connectivity index (χ3n) is 4.22. The molecule has 4 heteroatoms. The summed E-state index contributed by atoms with van der Waals surface area (Å²) in [5.41, 5.74) is 18.1. The Labute approximate surface area is 98.3 Å². The first-order chi connectivity index (χ1) is 7.66. The highest BCUT2D eigenvalue weighted by Crippen LogP contribution is 2.21. The number of hydrogen-bond acceptors (Lipinski definition) is 4. The molecule has 2 saturated carbocycles. The number of nitrogens with one attached hydrogen (secondary N) is 1. The van der Waals surface area contributed by atoms with Gasteiger partial charge in [-0.05, 0) is 32.1 Å². The van der Waals surface area contributed by atoms with Crippen molar-refractivity contribution in [2.75, 3.05) is 0 Å². The normalized spacial score (nSPS) is 45.6. The van der Waals surface area contributed by atoms with Crippen LogP contribution in [0, 0.1) is 0 Å². The van der Waals surface area contributed by atoms with Crippen LogP contribution in [0.15, 0.2) is 0 Å². The zero-order valence-corrected chi connectivity index (χ0v) is 10.1. The molecule has 0 radical (unpaired) electrons. The highest BCUT2D eigenvalue weighted by Gasteiger charge is 2.29. The van der Waals surface area contributed by atoms with Gasteiger partial charge in [0.1, 0.15) is 0 Å². The van der Waals surface area contributed by atoms with Gasteiger partial charge in [0.25, 0.3) is 0 Å². The van der Waals surface area contributed by atoms with Gasteiger partial charge in [0, 0.05) is 30.2 Å². The van der Waals surface area contributed by atoms with E-state index in [1.54, 1.807) is 0 Å². The maximum absolute atomic E-state index is 6.14. The molecule has 0 aromatic carbocycles. The van der Waals surface area contributed by atoms with E-state index in [2.05, 4.69) is 5.32 Å². The topological polar surface area (TPSA) is 90.1 Å². The maximum Gasteiger partial charge on any atom is 0.0221 e. The van der Waals surface area contributed by atoms with Gasteiger partial charge in [-0.3, -0.25) is 0 Å². The van der Waals surface area contributed by atoms with E-state index in [1.165, 1.54) is 19.3 Å². The molecule has 7 N–H and O–H groups in total. The maximum atomic E-state index is 6.14. The molecule has 1 unspecified atom stereocenters. The molecule has 0 aromatic rings. The summed E-state index contributed by atoms with van der Waals surface area (Å²) in [7, 11) is 0. The first-order valence-electron chi connectivity index (χ1n) is 6.69. The molecule has 16 heavy (non-hydrogen) atoms. The predicted octanol–water partition coefficient (Wildman–Crippen LogP) is 0.0530. The van der Waals surface area contributed by atoms with Crippen molar-refractivity contribution < 1.29 is 0 Å². The van der Waals surface area contributed by atoms with Crippen molar-refractivity contribution in [3.05, 3.63) is 0 Å². The monoisotopic (exact) mass is 226 g/mol. The Bertz CT molecular complexity index is 221. The summed E-state index contributed by atoms with van der Waals surface area (Å²) in [6, 6.07) is 1.72. The molecular weight excluding hydrogens is 200 g/mol. The molecule has 0 saturated heterocycles. The predicted molar refractivity (Wildman–Crippen MR) is 67.0 cm³/mol. The van der Waals surface area contributed by atoms with E-state index >= 15 is 0 Å². The summed E-state index contributed by atoms with van der Waals surface area (Å²) >= 11 is 0. The third kappa shape index (κ3) is 2.94. The molecule has 0 aliphatic heterocycles. The van der Waals surface area contributed by atoms with Gasteiger partial charge in [-0.25, -0.2) is 0 Å². The summed E-state index contributed by atoms with van der Waals surface area (Å²) in [5, 5.41) is 3.70. The van der Waals surface area contributed by atoms with Crippen molar-refractivity contribution in [2.45, 2.75) is 75.2 Å². The van der Waals surface area contributed by atoms with Crippen LogP contribution in [0.25, 0.3) is 0 Å². The van der Waals surface area contributed by atoms with Crippen LogP contribution < -0.4 is 22.5 Å². The zero-order valence-electron chi connectivity index (χ0n) is 10.1. The number of rotatable bonds is 2. The lowest BCUT2D eigenvalue weighted by atomic mass is 9.85. The fraction of sp³-hybridized carbons (Fsp3) is 1.00. The van der Waals surface area contributed by atoms with Crippen molar-refractivity contribution in [1.29, 1.82) is 0 Å². The average molecular weight is 226 g/mol. The van der Waals surface area contributed by atoms with Gasteiger partial charge in [-0.1, -0.05) is 12.8 Å². The van der Waals surface area contributed by atoms with E-state index in [0.717, 1.165) is 25.7 Å². The van der Waals surface area contributed by atoms with E-state index in [-0.39, 0.29) is 12.1 Å². The van der Waals surface area contributed by atoms with E-state index in [1.807, 2.05) is 0 Å². The smallest absolute Gasteiger partial charge is 0.0221 e. The van der Waals surface area contributed by atoms with Gasteiger partial charge in [0.05, 0.1) is 0 Å². The molecule has 0 heterocycles. The van der Waals surface area contributed by atoms with E-state index in [9.17, 15) is 0 Å². The molecule has 0 spiro atoms. The fourth-order valence-corrected chi connectivity index (χ4v) is 3.05. The summed E-state index contributed by atoms with van der Waals surface area (Å²) in [6.07, 6.45) is 8.18. The van der Waals surface area contributed by atoms with Crippen LogP contribution in [0.5, 0.6) is 0 Å². The van der Waals surface area contributed by atoms with Crippen LogP contribution in [0.3, 0.4) is 0 Å². The molecule has 2 rings (SSSR count). The van der Waals surface area contributed by atoms with Crippen LogP contribution in [0.4, 0.5) is 0 Å². The lowest BCUT2D eigenvalue weighted by Crippen LogP contribution is -2.56. The molecule has 0 bridgehead atoms. The molecule has 5 atom stereocenters. The standard InChI is InChI=1S/C12H26N4/c13-9-6-5-8(7-11(9)15)16-12-4-2-1-3-10(12)14/h8-12,16H,1-7,13-15H2/t8?,9-,10-,11+,12-/m1/s1. The van der Waals surface area contributed by atoms with E-state index in [4.69, 9.17) is 17.2 Å². The van der Waals surface area contributed by atoms with Gasteiger partial charge in [0.15, 0.2) is 0 Å². The Morgan fingerprint density at radius 3 is 2.19 bits per heavy atom. The third-order valence-corrected chi connectivity index (χ3v) is 4.22. The molecule has 0 amide bonds. The second-order valence-corrected chi connectivity index (χ2v) is 5.56. The first kappa shape index (κ1) is 12.3. The minimum Gasteiger partial charge on any atom is -0.326 e. The molecule has 4 nitrogen and oxygen atoms in total. The van der Waals surface area contributed by atoms with Gasteiger partial charge < -0.3 is 22.5 Å². The number of nitrogens with two attached hydrogens (primary N) is 3. The fourth-order valence-electron chi connectivity index (χ4n) is 3.05. The Balaban J connectivity index is 1.80. The van der Waals surface area contributed by atoms with Crippen molar-refractivity contribution >= 4 is 0 Å². The van der Waals surface area contributed by atoms with Gasteiger partial charge in [0.2, 0.25) is 0 Å². The second kappa shape index (κ2) is 5.45. The second-order valence-electron chi connectivity index (χ2n) is 5.56. The van der Waals surface area contributed by atoms with Gasteiger partial charge in [-0.2, -0.15) is 0 Å². The summed E-state index contributed by atoms with van der Waals surface area (Å²) in [4.78, 5) is 0. The van der Waals surface area contributed by atoms with Crippen LogP contribution in [0.1, 0.15) is 44.9 Å². The SMILES string of the molecule is N[C@@H]1CCC(N[C@@H]2CCCC[C@H]2N)C[C@@H]1N. The lowest BCUT2D eigenvalue weighted by molar-refractivity contribution is 0.243. The average Bonchev–Trinajstić information content (AvgIpc) is 2.27. The molecule has 2 fully saturated rings. The molecule has 94 valence electrons. The lowest BCUT2D eigenvalue weighted by Gasteiger charge is -2.37. The highest BCUT2D eigenvalue weighted by molar-refractivity contribution is 4.92. The minimum absolute atomic E-state index is 0.158. The first-order valence-corrected chi connectivity index (χ1v) is 6.69. The van der Waals surface area contributed by atoms with Crippen LogP contribution in [0.2, 0.25) is 0 Å². The van der Waals surface area contributed by atoms with Crippen molar-refractivity contribution in [3.63, 3.8) is 0 Å². The number of hydrogen-bond donors (Lipinski definition) is 4. The summed E-state index contributed by atoms with van der Waals surface area (Å²) in [6.45, 7) is 0. The van der Waals surface area contributed by atoms with Gasteiger partial charge >= 0.3 is 0 Å². The van der Waals surface area contributed by atoms with Gasteiger partial charge in [-0.15, -0.1) is 0 Å². The van der Waals surface area contributed by atoms with E-state index < -0.39 is 0 Å². The molecule has 2 aliphatic rings. The summed E-state index contributed by atoms with van der Waals surface area (Å²) < 4.78 is 0. The Kier molecular flexibility index (Phi) is 4.19. The van der Waals surface area contributed by atoms with Crippen LogP contribution in [-0.2, 0) is 0 Å². The van der Waals surface area contributed by atoms with Crippen molar-refractivity contribution in [3.8, 4) is 0 Å². The molecule has 0 aromatic heterocycles. The molecule has 2 aliphatic carbocycles. The van der Waals surface area contributed by atoms with Crippen molar-refractivity contribution in [2.24, 2.45) is 17.2 Å². The minimum atomic E-state index is 0.158. The van der Waals surface area contributed by atoms with Crippen LogP contribution >= 0.6 is 0 Å². The largest absolute Gasteiger partial charge is 0.326 e. The summed E-state index contributed by atoms with van der Waals surface area (Å²) in [5.74, 6) is 0. The van der Waals surface area contributed by atoms with Crippen LogP contribution in [-0.4, -0.2) is 30.2 Å². The van der Waals surface area contributed by atoms with E-state index in [0.29, 0.717) is 18.1 Å².